The molecule has 2 aliphatic rings. The zero-order valence-electron chi connectivity index (χ0n) is 26.5. The maximum absolute atomic E-state index is 12.1. The summed E-state index contributed by atoms with van der Waals surface area (Å²) >= 11 is 0. The Morgan fingerprint density at radius 1 is 0.907 bits per heavy atom. The fourth-order valence-electron chi connectivity index (χ4n) is 6.83. The van der Waals surface area contributed by atoms with Gasteiger partial charge in [-0.3, -0.25) is 4.55 Å². The molecule has 2 heterocycles. The predicted molar refractivity (Wildman–Crippen MR) is 177 cm³/mol. The Bertz CT molecular complexity index is 1530. The van der Waals surface area contributed by atoms with E-state index in [0.717, 1.165) is 75.0 Å². The monoisotopic (exact) mass is 605 g/mol. The molecule has 2 aromatic carbocycles. The highest BCUT2D eigenvalue weighted by Gasteiger charge is 2.47. The molecule has 6 nitrogen and oxygen atoms in total. The van der Waals surface area contributed by atoms with Crippen molar-refractivity contribution in [2.45, 2.75) is 95.3 Å². The number of nitrogens with zero attached hydrogens (tertiary/aromatic N) is 2. The molecule has 43 heavy (non-hydrogen) atoms. The Balaban J connectivity index is 1.68. The molecule has 2 aromatic rings. The molecule has 0 radical (unpaired) electrons. The minimum absolute atomic E-state index is 0.0669. The van der Waals surface area contributed by atoms with E-state index in [-0.39, 0.29) is 16.9 Å². The third kappa shape index (κ3) is 6.74. The number of aliphatic hydroxyl groups excluding tert-OH is 1. The number of hydrogen-bond acceptors (Lipinski definition) is 4. The molecule has 0 bridgehead atoms. The van der Waals surface area contributed by atoms with Crippen molar-refractivity contribution >= 4 is 27.2 Å². The van der Waals surface area contributed by atoms with Crippen molar-refractivity contribution in [3.8, 4) is 0 Å². The van der Waals surface area contributed by atoms with Gasteiger partial charge in [0, 0.05) is 54.1 Å². The maximum Gasteiger partial charge on any atom is 0.294 e. The van der Waals surface area contributed by atoms with Crippen molar-refractivity contribution in [1.29, 1.82) is 0 Å². The van der Waals surface area contributed by atoms with Crippen LogP contribution in [0.5, 0.6) is 0 Å². The minimum atomic E-state index is -4.32. The highest BCUT2D eigenvalue weighted by atomic mass is 32.2. The van der Waals surface area contributed by atoms with Gasteiger partial charge < -0.3 is 10.0 Å². The van der Waals surface area contributed by atoms with Gasteiger partial charge in [-0.05, 0) is 56.0 Å². The summed E-state index contributed by atoms with van der Waals surface area (Å²) in [5.41, 5.74) is 6.50. The SMILES string of the molecule is CCCN1\C(=C/C=C/C=C/C2=[N+](CCC)c3ccc(S(=O)(=O)O)cc3C2(C)CCCCCCO)C(C)(C)c2ccccc21. The van der Waals surface area contributed by atoms with Crippen LogP contribution in [0.1, 0.15) is 90.7 Å². The number of para-hydroxylation sites is 1. The first kappa shape index (κ1) is 32.9. The highest BCUT2D eigenvalue weighted by Crippen LogP contribution is 2.48. The van der Waals surface area contributed by atoms with Crippen LogP contribution in [0.3, 0.4) is 0 Å². The number of unbranched alkanes of at least 4 members (excludes halogenated alkanes) is 3. The third-order valence-corrected chi connectivity index (χ3v) is 9.87. The fourth-order valence-corrected chi connectivity index (χ4v) is 7.33. The number of aliphatic hydroxyl groups is 1. The Morgan fingerprint density at radius 2 is 1.65 bits per heavy atom. The van der Waals surface area contributed by atoms with Crippen molar-refractivity contribution in [2.24, 2.45) is 0 Å². The summed E-state index contributed by atoms with van der Waals surface area (Å²) in [6.07, 6.45) is 17.2. The van der Waals surface area contributed by atoms with Gasteiger partial charge >= 0.3 is 0 Å². The highest BCUT2D eigenvalue weighted by molar-refractivity contribution is 7.85. The number of allylic oxidation sites excluding steroid dienone is 6. The first-order chi connectivity index (χ1) is 20.5. The maximum atomic E-state index is 12.1. The molecule has 1 atom stereocenters. The van der Waals surface area contributed by atoms with Gasteiger partial charge in [-0.25, -0.2) is 0 Å². The largest absolute Gasteiger partial charge is 0.396 e. The first-order valence-corrected chi connectivity index (χ1v) is 17.2. The van der Waals surface area contributed by atoms with Crippen LogP contribution >= 0.6 is 0 Å². The van der Waals surface area contributed by atoms with Crippen LogP contribution in [-0.2, 0) is 20.9 Å². The van der Waals surface area contributed by atoms with Gasteiger partial charge in [-0.1, -0.05) is 83.4 Å². The molecular formula is C36H49N2O4S+. The van der Waals surface area contributed by atoms with E-state index in [1.165, 1.54) is 23.0 Å². The van der Waals surface area contributed by atoms with Crippen LogP contribution in [0, 0.1) is 0 Å². The molecule has 0 saturated heterocycles. The molecule has 2 N–H and O–H groups in total. The van der Waals surface area contributed by atoms with Gasteiger partial charge in [-0.15, -0.1) is 0 Å². The summed E-state index contributed by atoms with van der Waals surface area (Å²) in [6, 6.07) is 13.7. The van der Waals surface area contributed by atoms with E-state index in [1.54, 1.807) is 6.07 Å². The van der Waals surface area contributed by atoms with E-state index in [4.69, 9.17) is 0 Å². The lowest BCUT2D eigenvalue weighted by Crippen LogP contribution is -2.31. The van der Waals surface area contributed by atoms with Gasteiger partial charge in [-0.2, -0.15) is 13.0 Å². The molecule has 0 saturated carbocycles. The van der Waals surface area contributed by atoms with Crippen molar-refractivity contribution in [2.75, 3.05) is 24.6 Å². The van der Waals surface area contributed by atoms with Crippen LogP contribution in [0.2, 0.25) is 0 Å². The summed E-state index contributed by atoms with van der Waals surface area (Å²) in [7, 11) is -4.32. The predicted octanol–water partition coefficient (Wildman–Crippen LogP) is 7.85. The van der Waals surface area contributed by atoms with E-state index in [0.29, 0.717) is 0 Å². The van der Waals surface area contributed by atoms with Crippen molar-refractivity contribution < 1.29 is 22.7 Å². The molecular weight excluding hydrogens is 556 g/mol. The molecule has 232 valence electrons. The molecule has 7 heteroatoms. The minimum Gasteiger partial charge on any atom is -0.396 e. The Morgan fingerprint density at radius 3 is 2.35 bits per heavy atom. The number of anilines is 1. The van der Waals surface area contributed by atoms with Gasteiger partial charge in [0.25, 0.3) is 10.1 Å². The second-order valence-electron chi connectivity index (χ2n) is 12.5. The number of rotatable bonds is 14. The summed E-state index contributed by atoms with van der Waals surface area (Å²) in [5, 5.41) is 9.21. The topological polar surface area (TPSA) is 80.9 Å². The van der Waals surface area contributed by atoms with Crippen molar-refractivity contribution in [3.05, 3.63) is 89.7 Å². The second-order valence-corrected chi connectivity index (χ2v) is 13.9. The standard InChI is InChI=1S/C36H48N2O4S/c1-6-24-37-31-18-14-13-17-29(31)35(3,4)33(37)19-11-10-12-20-34-36(5,23-15-8-9-16-26-39)30-27-28(43(40,41)42)21-22-32(30)38(34)25-7-2/h10-14,17-22,27,39H,6-9,15-16,23-26H2,1-5H3/p+1. The van der Waals surface area contributed by atoms with E-state index in [1.807, 2.05) is 6.07 Å². The van der Waals surface area contributed by atoms with Gasteiger partial charge in [0.1, 0.15) is 6.54 Å². The summed E-state index contributed by atoms with van der Waals surface area (Å²) in [5.74, 6) is 0. The molecule has 2 aliphatic heterocycles. The van der Waals surface area contributed by atoms with Crippen molar-refractivity contribution in [1.82, 2.24) is 0 Å². The van der Waals surface area contributed by atoms with Crippen LogP contribution in [0.25, 0.3) is 0 Å². The molecule has 1 unspecified atom stereocenters. The molecule has 0 aliphatic carbocycles. The van der Waals surface area contributed by atoms with Crippen LogP contribution in [0.15, 0.2) is 83.4 Å². The summed E-state index contributed by atoms with van der Waals surface area (Å²) < 4.78 is 36.3. The third-order valence-electron chi connectivity index (χ3n) is 9.02. The van der Waals surface area contributed by atoms with Crippen LogP contribution in [0.4, 0.5) is 11.4 Å². The lowest BCUT2D eigenvalue weighted by atomic mass is 9.75. The van der Waals surface area contributed by atoms with E-state index >= 15 is 0 Å². The zero-order valence-corrected chi connectivity index (χ0v) is 27.3. The van der Waals surface area contributed by atoms with E-state index in [9.17, 15) is 18.1 Å². The lowest BCUT2D eigenvalue weighted by Gasteiger charge is -2.26. The van der Waals surface area contributed by atoms with Crippen molar-refractivity contribution in [3.63, 3.8) is 0 Å². The Kier molecular flexibility index (Phi) is 10.5. The first-order valence-electron chi connectivity index (χ1n) is 15.8. The molecule has 0 aromatic heterocycles. The lowest BCUT2D eigenvalue weighted by molar-refractivity contribution is -0.437. The van der Waals surface area contributed by atoms with E-state index in [2.05, 4.69) is 98.7 Å². The molecule has 0 spiro atoms. The molecule has 0 fully saturated rings. The second kappa shape index (κ2) is 13.7. The normalized spacial score (nSPS) is 20.6. The Hall–Kier alpha value is -3.00. The average Bonchev–Trinajstić information content (AvgIpc) is 3.32. The number of fused-ring (bicyclic) bond motifs is 2. The molecule has 0 amide bonds. The van der Waals surface area contributed by atoms with Gasteiger partial charge in [0.15, 0.2) is 5.71 Å². The Labute approximate surface area is 258 Å². The van der Waals surface area contributed by atoms with Gasteiger partial charge in [0.2, 0.25) is 5.69 Å². The van der Waals surface area contributed by atoms with Crippen LogP contribution < -0.4 is 4.90 Å². The summed E-state index contributed by atoms with van der Waals surface area (Å²) in [6.45, 7) is 13.1. The molecule has 4 rings (SSSR count). The van der Waals surface area contributed by atoms with Gasteiger partial charge in [0.05, 0.1) is 10.3 Å². The number of hydrogen-bond donors (Lipinski definition) is 2. The quantitative estimate of drug-likeness (QED) is 0.0992. The number of benzene rings is 2. The summed E-state index contributed by atoms with van der Waals surface area (Å²) in [4.78, 5) is 2.37. The van der Waals surface area contributed by atoms with Crippen LogP contribution in [-0.4, -0.2) is 48.1 Å². The fraction of sp³-hybridized carbons (Fsp3) is 0.472. The van der Waals surface area contributed by atoms with E-state index < -0.39 is 15.5 Å². The zero-order chi connectivity index (χ0) is 31.3. The smallest absolute Gasteiger partial charge is 0.294 e. The average molecular weight is 606 g/mol.